The van der Waals surface area contributed by atoms with E-state index in [1.165, 1.54) is 0 Å². The van der Waals surface area contributed by atoms with Crippen molar-refractivity contribution in [3.63, 3.8) is 0 Å². The Balaban J connectivity index is 2.15. The number of rotatable bonds is 3. The predicted octanol–water partition coefficient (Wildman–Crippen LogP) is 0.244. The van der Waals surface area contributed by atoms with Gasteiger partial charge in [0.05, 0.1) is 0 Å². The first-order valence-electron chi connectivity index (χ1n) is 5.73. The highest BCUT2D eigenvalue weighted by atomic mass is 16.2. The third-order valence-corrected chi connectivity index (χ3v) is 3.09. The van der Waals surface area contributed by atoms with Gasteiger partial charge in [0, 0.05) is 38.6 Å². The summed E-state index contributed by atoms with van der Waals surface area (Å²) in [6.45, 7) is 4.64. The van der Waals surface area contributed by atoms with Crippen LogP contribution >= 0.6 is 0 Å². The van der Waals surface area contributed by atoms with Gasteiger partial charge in [0.25, 0.3) is 5.91 Å². The van der Waals surface area contributed by atoms with Gasteiger partial charge in [-0.2, -0.15) is 0 Å². The third kappa shape index (κ3) is 1.95. The molecule has 1 amide bonds. The third-order valence-electron chi connectivity index (χ3n) is 3.09. The molecule has 5 nitrogen and oxygen atoms in total. The number of likely N-dealkylation sites (N-methyl/N-ethyl adjacent to an activating group) is 1. The first-order chi connectivity index (χ1) is 7.74. The standard InChI is InChI=1S/C11H18N4O/c1-3-15(9-4-5-12-8-9)11(16)10-13-6-7-14(10)2/h6-7,9,12H,3-5,8H2,1-2H3. The fourth-order valence-corrected chi connectivity index (χ4v) is 2.17. The van der Waals surface area contributed by atoms with E-state index in [-0.39, 0.29) is 5.91 Å². The molecule has 1 atom stereocenters. The summed E-state index contributed by atoms with van der Waals surface area (Å²) < 4.78 is 1.77. The van der Waals surface area contributed by atoms with Gasteiger partial charge in [0.15, 0.2) is 5.82 Å². The number of imidazole rings is 1. The molecule has 1 saturated heterocycles. The summed E-state index contributed by atoms with van der Waals surface area (Å²) in [5.41, 5.74) is 0. The predicted molar refractivity (Wildman–Crippen MR) is 61.2 cm³/mol. The number of carbonyl (C=O) groups excluding carboxylic acids is 1. The molecular formula is C11H18N4O. The Kier molecular flexibility index (Phi) is 3.24. The largest absolute Gasteiger partial charge is 0.332 e. The molecule has 1 fully saturated rings. The molecule has 1 unspecified atom stereocenters. The lowest BCUT2D eigenvalue weighted by atomic mass is 10.2. The number of aromatic nitrogens is 2. The van der Waals surface area contributed by atoms with E-state index < -0.39 is 0 Å². The second-order valence-electron chi connectivity index (χ2n) is 4.10. The molecule has 1 aliphatic rings. The second kappa shape index (κ2) is 4.65. The lowest BCUT2D eigenvalue weighted by Crippen LogP contribution is -2.42. The number of nitrogens with one attached hydrogen (secondary N) is 1. The molecule has 0 saturated carbocycles. The number of hydrogen-bond acceptors (Lipinski definition) is 3. The Labute approximate surface area is 95.5 Å². The van der Waals surface area contributed by atoms with Gasteiger partial charge in [-0.25, -0.2) is 4.98 Å². The lowest BCUT2D eigenvalue weighted by Gasteiger charge is -2.26. The molecule has 88 valence electrons. The zero-order valence-electron chi connectivity index (χ0n) is 9.81. The Bertz CT molecular complexity index is 368. The van der Waals surface area contributed by atoms with Crippen molar-refractivity contribution in [2.45, 2.75) is 19.4 Å². The van der Waals surface area contributed by atoms with Crippen molar-refractivity contribution in [2.75, 3.05) is 19.6 Å². The van der Waals surface area contributed by atoms with Gasteiger partial charge in [-0.1, -0.05) is 0 Å². The van der Waals surface area contributed by atoms with E-state index in [4.69, 9.17) is 0 Å². The minimum Gasteiger partial charge on any atom is -0.332 e. The summed E-state index contributed by atoms with van der Waals surface area (Å²) in [5.74, 6) is 0.553. The van der Waals surface area contributed by atoms with Crippen LogP contribution in [0.1, 0.15) is 24.0 Å². The summed E-state index contributed by atoms with van der Waals surface area (Å²) in [5, 5.41) is 3.28. The van der Waals surface area contributed by atoms with Crippen LogP contribution in [0.2, 0.25) is 0 Å². The smallest absolute Gasteiger partial charge is 0.290 e. The highest BCUT2D eigenvalue weighted by Crippen LogP contribution is 2.11. The second-order valence-corrected chi connectivity index (χ2v) is 4.10. The van der Waals surface area contributed by atoms with Crippen LogP contribution in [0.3, 0.4) is 0 Å². The quantitative estimate of drug-likeness (QED) is 0.797. The number of nitrogens with zero attached hydrogens (tertiary/aromatic N) is 3. The van der Waals surface area contributed by atoms with E-state index in [1.807, 2.05) is 18.9 Å². The number of carbonyl (C=O) groups is 1. The molecule has 0 bridgehead atoms. The van der Waals surface area contributed by atoms with Crippen LogP contribution in [0.15, 0.2) is 12.4 Å². The van der Waals surface area contributed by atoms with Gasteiger partial charge in [-0.3, -0.25) is 4.79 Å². The maximum atomic E-state index is 12.3. The maximum Gasteiger partial charge on any atom is 0.290 e. The molecule has 1 aromatic heterocycles. The molecule has 0 spiro atoms. The van der Waals surface area contributed by atoms with Crippen molar-refractivity contribution in [2.24, 2.45) is 7.05 Å². The fourth-order valence-electron chi connectivity index (χ4n) is 2.17. The zero-order valence-corrected chi connectivity index (χ0v) is 9.81. The van der Waals surface area contributed by atoms with E-state index in [0.717, 1.165) is 26.1 Å². The zero-order chi connectivity index (χ0) is 11.5. The molecule has 0 aromatic carbocycles. The molecule has 0 radical (unpaired) electrons. The molecule has 2 heterocycles. The summed E-state index contributed by atoms with van der Waals surface area (Å²) in [7, 11) is 1.85. The maximum absolute atomic E-state index is 12.3. The van der Waals surface area contributed by atoms with Crippen molar-refractivity contribution in [1.29, 1.82) is 0 Å². The Morgan fingerprint density at radius 3 is 3.06 bits per heavy atom. The molecule has 2 rings (SSSR count). The lowest BCUT2D eigenvalue weighted by molar-refractivity contribution is 0.0687. The average molecular weight is 222 g/mol. The summed E-state index contributed by atoms with van der Waals surface area (Å²) >= 11 is 0. The molecular weight excluding hydrogens is 204 g/mol. The van der Waals surface area contributed by atoms with Crippen molar-refractivity contribution < 1.29 is 4.79 Å². The normalized spacial score (nSPS) is 20.0. The SMILES string of the molecule is CCN(C(=O)c1nccn1C)C1CCNC1. The number of hydrogen-bond donors (Lipinski definition) is 1. The Hall–Kier alpha value is -1.36. The van der Waals surface area contributed by atoms with Crippen molar-refractivity contribution in [1.82, 2.24) is 19.8 Å². The van der Waals surface area contributed by atoms with Crippen LogP contribution in [0.5, 0.6) is 0 Å². The molecule has 1 aliphatic heterocycles. The topological polar surface area (TPSA) is 50.2 Å². The molecule has 16 heavy (non-hydrogen) atoms. The van der Waals surface area contributed by atoms with E-state index in [2.05, 4.69) is 10.3 Å². The molecule has 0 aliphatic carbocycles. The van der Waals surface area contributed by atoms with Crippen molar-refractivity contribution >= 4 is 5.91 Å². The molecule has 1 N–H and O–H groups in total. The van der Waals surface area contributed by atoms with Gasteiger partial charge < -0.3 is 14.8 Å². The Morgan fingerprint density at radius 2 is 2.56 bits per heavy atom. The van der Waals surface area contributed by atoms with Gasteiger partial charge in [-0.15, -0.1) is 0 Å². The highest BCUT2D eigenvalue weighted by molar-refractivity contribution is 5.91. The monoisotopic (exact) mass is 222 g/mol. The van der Waals surface area contributed by atoms with Gasteiger partial charge in [0.2, 0.25) is 0 Å². The number of aryl methyl sites for hydroxylation is 1. The Morgan fingerprint density at radius 1 is 1.75 bits per heavy atom. The van der Waals surface area contributed by atoms with Crippen LogP contribution < -0.4 is 5.32 Å². The van der Waals surface area contributed by atoms with E-state index in [1.54, 1.807) is 17.0 Å². The van der Waals surface area contributed by atoms with Crippen LogP contribution in [-0.2, 0) is 7.05 Å². The summed E-state index contributed by atoms with van der Waals surface area (Å²) in [6, 6.07) is 0.314. The van der Waals surface area contributed by atoms with Gasteiger partial charge in [-0.05, 0) is 19.9 Å². The van der Waals surface area contributed by atoms with Crippen LogP contribution in [0, 0.1) is 0 Å². The van der Waals surface area contributed by atoms with Crippen molar-refractivity contribution in [3.05, 3.63) is 18.2 Å². The van der Waals surface area contributed by atoms with Gasteiger partial charge in [0.1, 0.15) is 0 Å². The summed E-state index contributed by atoms with van der Waals surface area (Å²) in [6.07, 6.45) is 4.49. The van der Waals surface area contributed by atoms with Gasteiger partial charge >= 0.3 is 0 Å². The number of amides is 1. The first kappa shape index (κ1) is 11.1. The first-order valence-corrected chi connectivity index (χ1v) is 5.73. The van der Waals surface area contributed by atoms with Crippen LogP contribution in [-0.4, -0.2) is 46.0 Å². The highest BCUT2D eigenvalue weighted by Gasteiger charge is 2.27. The average Bonchev–Trinajstić information content (AvgIpc) is 2.90. The fraction of sp³-hybridized carbons (Fsp3) is 0.636. The van der Waals surface area contributed by atoms with Crippen molar-refractivity contribution in [3.8, 4) is 0 Å². The molecule has 1 aromatic rings. The molecule has 5 heteroatoms. The summed E-state index contributed by atoms with van der Waals surface area (Å²) in [4.78, 5) is 18.3. The van der Waals surface area contributed by atoms with E-state index in [9.17, 15) is 4.79 Å². The van der Waals surface area contributed by atoms with E-state index >= 15 is 0 Å². The van der Waals surface area contributed by atoms with Crippen LogP contribution in [0.25, 0.3) is 0 Å². The van der Waals surface area contributed by atoms with Crippen LogP contribution in [0.4, 0.5) is 0 Å². The minimum atomic E-state index is 0.0312. The minimum absolute atomic E-state index is 0.0312. The van der Waals surface area contributed by atoms with E-state index in [0.29, 0.717) is 11.9 Å².